The van der Waals surface area contributed by atoms with E-state index in [1.165, 1.54) is 19.8 Å². The van der Waals surface area contributed by atoms with Crippen LogP contribution in [0.15, 0.2) is 36.1 Å². The maximum Gasteiger partial charge on any atom is 0.337 e. The van der Waals surface area contributed by atoms with Crippen LogP contribution in [0.1, 0.15) is 30.6 Å². The maximum atomic E-state index is 12.8. The summed E-state index contributed by atoms with van der Waals surface area (Å²) in [4.78, 5) is 31.0. The molecule has 5 atom stereocenters. The summed E-state index contributed by atoms with van der Waals surface area (Å²) in [5.41, 5.74) is 3.96. The molecule has 4 heterocycles. The predicted molar refractivity (Wildman–Crippen MR) is 109 cm³/mol. The van der Waals surface area contributed by atoms with Crippen molar-refractivity contribution in [3.8, 4) is 0 Å². The molecule has 1 aromatic heterocycles. The van der Waals surface area contributed by atoms with Gasteiger partial charge in [0.15, 0.2) is 0 Å². The van der Waals surface area contributed by atoms with E-state index < -0.39 is 0 Å². The largest absolute Gasteiger partial charge is 0.497 e. The van der Waals surface area contributed by atoms with E-state index in [9.17, 15) is 9.59 Å². The van der Waals surface area contributed by atoms with Gasteiger partial charge in [-0.25, -0.2) is 4.79 Å². The van der Waals surface area contributed by atoms with E-state index >= 15 is 0 Å². The number of piperidine rings is 1. The first-order chi connectivity index (χ1) is 14.5. The molecular formula is C23H26N2O5. The first kappa shape index (κ1) is 19.2. The van der Waals surface area contributed by atoms with Gasteiger partial charge in [-0.3, -0.25) is 9.69 Å². The highest BCUT2D eigenvalue weighted by molar-refractivity contribution is 5.89. The van der Waals surface area contributed by atoms with E-state index in [0.29, 0.717) is 25.0 Å². The second-order valence-corrected chi connectivity index (χ2v) is 8.43. The number of aromatic amines is 1. The lowest BCUT2D eigenvalue weighted by Gasteiger charge is -2.51. The number of carbonyl (C=O) groups excluding carboxylic acids is 2. The van der Waals surface area contributed by atoms with Crippen molar-refractivity contribution in [1.29, 1.82) is 0 Å². The van der Waals surface area contributed by atoms with Crippen LogP contribution in [0, 0.1) is 11.8 Å². The maximum absolute atomic E-state index is 12.8. The van der Waals surface area contributed by atoms with Gasteiger partial charge in [-0.15, -0.1) is 0 Å². The number of ether oxygens (including phenoxy) is 3. The van der Waals surface area contributed by atoms with Gasteiger partial charge < -0.3 is 19.2 Å². The van der Waals surface area contributed by atoms with E-state index in [4.69, 9.17) is 14.2 Å². The molecular weight excluding hydrogens is 384 g/mol. The molecule has 1 N–H and O–H groups in total. The van der Waals surface area contributed by atoms with Gasteiger partial charge in [0.1, 0.15) is 6.04 Å². The number of esters is 2. The van der Waals surface area contributed by atoms with Gasteiger partial charge in [0.25, 0.3) is 0 Å². The Morgan fingerprint density at radius 1 is 1.20 bits per heavy atom. The van der Waals surface area contributed by atoms with Crippen LogP contribution in [-0.4, -0.2) is 54.7 Å². The highest BCUT2D eigenvalue weighted by atomic mass is 16.5. The molecule has 5 unspecified atom stereocenters. The molecule has 158 valence electrons. The summed E-state index contributed by atoms with van der Waals surface area (Å²) < 4.78 is 16.0. The van der Waals surface area contributed by atoms with Crippen molar-refractivity contribution in [3.63, 3.8) is 0 Å². The molecule has 5 rings (SSSR count). The minimum Gasteiger partial charge on any atom is -0.497 e. The zero-order valence-corrected chi connectivity index (χ0v) is 17.4. The number of H-pyrrole nitrogens is 1. The van der Waals surface area contributed by atoms with Crippen LogP contribution in [-0.2, 0) is 30.2 Å². The van der Waals surface area contributed by atoms with Gasteiger partial charge >= 0.3 is 11.9 Å². The smallest absolute Gasteiger partial charge is 0.337 e. The molecule has 3 aliphatic rings. The lowest BCUT2D eigenvalue weighted by Crippen LogP contribution is -2.57. The van der Waals surface area contributed by atoms with Gasteiger partial charge in [-0.2, -0.15) is 0 Å². The molecule has 2 aromatic rings. The Morgan fingerprint density at radius 2 is 2.00 bits per heavy atom. The van der Waals surface area contributed by atoms with Crippen molar-refractivity contribution in [2.45, 2.75) is 38.0 Å². The van der Waals surface area contributed by atoms with Crippen molar-refractivity contribution >= 4 is 22.8 Å². The highest BCUT2D eigenvalue weighted by Gasteiger charge is 2.50. The molecule has 0 bridgehead atoms. The number of fused-ring (bicyclic) bond motifs is 6. The zero-order valence-electron chi connectivity index (χ0n) is 17.4. The van der Waals surface area contributed by atoms with E-state index in [2.05, 4.69) is 22.0 Å². The van der Waals surface area contributed by atoms with Crippen molar-refractivity contribution in [1.82, 2.24) is 9.88 Å². The van der Waals surface area contributed by atoms with Crippen LogP contribution in [0.4, 0.5) is 0 Å². The Hall–Kier alpha value is -2.80. The van der Waals surface area contributed by atoms with Crippen LogP contribution in [0.3, 0.4) is 0 Å². The summed E-state index contributed by atoms with van der Waals surface area (Å²) in [5, 5.41) is 1.15. The third-order valence-electron chi connectivity index (χ3n) is 7.10. The third-order valence-corrected chi connectivity index (χ3v) is 7.10. The fourth-order valence-corrected chi connectivity index (χ4v) is 5.59. The Bertz CT molecular complexity index is 1040. The second kappa shape index (κ2) is 7.16. The normalized spacial score (nSPS) is 30.4. The molecule has 0 spiro atoms. The second-order valence-electron chi connectivity index (χ2n) is 8.43. The monoisotopic (exact) mass is 410 g/mol. The number of methoxy groups -OCH3 is 2. The molecule has 0 amide bonds. The Kier molecular flexibility index (Phi) is 4.58. The zero-order chi connectivity index (χ0) is 21.0. The minimum absolute atomic E-state index is 0.00939. The van der Waals surface area contributed by atoms with Gasteiger partial charge in [0.05, 0.1) is 38.2 Å². The minimum atomic E-state index is -0.354. The van der Waals surface area contributed by atoms with Gasteiger partial charge in [0, 0.05) is 41.4 Å². The molecule has 1 saturated heterocycles. The molecule has 0 saturated carbocycles. The SMILES string of the molecule is COC(=O)C1=COC(C)C2CN3C(C(=O)OC)Cc4c([nH]c5ccccc45)C3CC12. The molecule has 1 fully saturated rings. The number of rotatable bonds is 2. The average Bonchev–Trinajstić information content (AvgIpc) is 3.15. The van der Waals surface area contributed by atoms with Crippen LogP contribution in [0.5, 0.6) is 0 Å². The standard InChI is InChI=1S/C23H26N2O5/c1-12-16-10-25-19(8-14(16)17(11-30-12)22(26)28-2)21-15(9-20(25)23(27)29-3)13-6-4-5-7-18(13)24-21/h4-7,11-12,14,16,19-20,24H,8-10H2,1-3H3. The van der Waals surface area contributed by atoms with Gasteiger partial charge in [-0.1, -0.05) is 18.2 Å². The number of para-hydroxylation sites is 1. The van der Waals surface area contributed by atoms with E-state index in [1.807, 2.05) is 19.1 Å². The lowest BCUT2D eigenvalue weighted by atomic mass is 9.71. The molecule has 0 aliphatic carbocycles. The summed E-state index contributed by atoms with van der Waals surface area (Å²) in [7, 11) is 2.84. The number of benzene rings is 1. The lowest BCUT2D eigenvalue weighted by molar-refractivity contribution is -0.153. The Morgan fingerprint density at radius 3 is 2.77 bits per heavy atom. The Labute approximate surface area is 175 Å². The quantitative estimate of drug-likeness (QED) is 0.767. The summed E-state index contributed by atoms with van der Waals surface area (Å²) in [6.07, 6.45) is 2.84. The van der Waals surface area contributed by atoms with Crippen molar-refractivity contribution < 1.29 is 23.8 Å². The first-order valence-corrected chi connectivity index (χ1v) is 10.4. The molecule has 7 heteroatoms. The number of carbonyl (C=O) groups is 2. The fraction of sp³-hybridized carbons (Fsp3) is 0.478. The summed E-state index contributed by atoms with van der Waals surface area (Å²) in [5.74, 6) is -0.457. The summed E-state index contributed by atoms with van der Waals surface area (Å²) in [6.45, 7) is 2.67. The van der Waals surface area contributed by atoms with Crippen molar-refractivity contribution in [3.05, 3.63) is 47.4 Å². The van der Waals surface area contributed by atoms with Gasteiger partial charge in [-0.05, 0) is 25.0 Å². The number of nitrogens with zero attached hydrogens (tertiary/aromatic N) is 1. The van der Waals surface area contributed by atoms with E-state index in [0.717, 1.165) is 16.6 Å². The number of hydrogen-bond acceptors (Lipinski definition) is 6. The summed E-state index contributed by atoms with van der Waals surface area (Å²) >= 11 is 0. The van der Waals surface area contributed by atoms with Crippen LogP contribution >= 0.6 is 0 Å². The van der Waals surface area contributed by atoms with E-state index in [-0.39, 0.29) is 42.0 Å². The number of hydrogen-bond donors (Lipinski definition) is 1. The van der Waals surface area contributed by atoms with E-state index in [1.54, 1.807) is 6.26 Å². The van der Waals surface area contributed by atoms with Gasteiger partial charge in [0.2, 0.25) is 0 Å². The highest BCUT2D eigenvalue weighted by Crippen LogP contribution is 2.49. The third kappa shape index (κ3) is 2.75. The number of nitrogens with one attached hydrogen (secondary N) is 1. The summed E-state index contributed by atoms with van der Waals surface area (Å²) in [6, 6.07) is 7.82. The predicted octanol–water partition coefficient (Wildman–Crippen LogP) is 2.72. The Balaban J connectivity index is 1.61. The molecule has 7 nitrogen and oxygen atoms in total. The molecule has 1 aromatic carbocycles. The molecule has 3 aliphatic heterocycles. The number of aromatic nitrogens is 1. The van der Waals surface area contributed by atoms with Crippen molar-refractivity contribution in [2.75, 3.05) is 20.8 Å². The topological polar surface area (TPSA) is 80.9 Å². The fourth-order valence-electron chi connectivity index (χ4n) is 5.59. The van der Waals surface area contributed by atoms with Crippen LogP contribution in [0.2, 0.25) is 0 Å². The van der Waals surface area contributed by atoms with Crippen LogP contribution < -0.4 is 0 Å². The van der Waals surface area contributed by atoms with Crippen molar-refractivity contribution in [2.24, 2.45) is 11.8 Å². The van der Waals surface area contributed by atoms with Crippen LogP contribution in [0.25, 0.3) is 10.9 Å². The molecule has 30 heavy (non-hydrogen) atoms. The molecule has 0 radical (unpaired) electrons. The first-order valence-electron chi connectivity index (χ1n) is 10.4. The average molecular weight is 410 g/mol.